The summed E-state index contributed by atoms with van der Waals surface area (Å²) in [5.74, 6) is 0.975. The van der Waals surface area contributed by atoms with E-state index < -0.39 is 0 Å². The number of hydrogen-bond acceptors (Lipinski definition) is 6. The molecule has 28 heavy (non-hydrogen) atoms. The molecule has 0 spiro atoms. The highest BCUT2D eigenvalue weighted by molar-refractivity contribution is 5.79. The molecule has 1 amide bonds. The number of fused-ring (bicyclic) bond motifs is 1. The molecule has 8 heteroatoms. The highest BCUT2D eigenvalue weighted by atomic mass is 16.5. The van der Waals surface area contributed by atoms with Gasteiger partial charge in [0.15, 0.2) is 0 Å². The third-order valence-corrected chi connectivity index (χ3v) is 4.75. The molecular weight excluding hydrogens is 360 g/mol. The summed E-state index contributed by atoms with van der Waals surface area (Å²) in [5.41, 5.74) is 0.435. The first-order valence-corrected chi connectivity index (χ1v) is 9.28. The lowest BCUT2D eigenvalue weighted by molar-refractivity contribution is -0.122. The molecular formula is C20H22N4O4. The van der Waals surface area contributed by atoms with Gasteiger partial charge in [0.1, 0.15) is 18.1 Å². The van der Waals surface area contributed by atoms with E-state index in [4.69, 9.17) is 9.15 Å². The van der Waals surface area contributed by atoms with E-state index in [0.29, 0.717) is 42.2 Å². The monoisotopic (exact) mass is 382 g/mol. The Morgan fingerprint density at radius 3 is 2.75 bits per heavy atom. The van der Waals surface area contributed by atoms with Crippen LogP contribution < -0.4 is 10.9 Å². The van der Waals surface area contributed by atoms with E-state index in [0.717, 1.165) is 13.1 Å². The van der Waals surface area contributed by atoms with Gasteiger partial charge in [0.25, 0.3) is 5.56 Å². The number of benzene rings is 1. The summed E-state index contributed by atoms with van der Waals surface area (Å²) in [7, 11) is 0. The number of amides is 1. The minimum atomic E-state index is -0.265. The Labute approximate surface area is 161 Å². The third-order valence-electron chi connectivity index (χ3n) is 4.75. The standard InChI is InChI=1S/C20H22N4O4/c25-19(21-12-15-4-3-9-28-15)14-24-18(13-23-7-10-27-11-8-23)22-17-6-2-1-5-16(17)20(24)26/h1-6,9H,7-8,10-14H2,(H,21,25). The van der Waals surface area contributed by atoms with E-state index in [1.54, 1.807) is 30.5 Å². The topological polar surface area (TPSA) is 89.6 Å². The van der Waals surface area contributed by atoms with Crippen LogP contribution in [0.3, 0.4) is 0 Å². The molecule has 1 fully saturated rings. The predicted octanol–water partition coefficient (Wildman–Crippen LogP) is 1.14. The Morgan fingerprint density at radius 1 is 1.14 bits per heavy atom. The average Bonchev–Trinajstić information content (AvgIpc) is 3.24. The van der Waals surface area contributed by atoms with Gasteiger partial charge in [-0.2, -0.15) is 0 Å². The zero-order valence-electron chi connectivity index (χ0n) is 15.5. The maximum atomic E-state index is 13.0. The van der Waals surface area contributed by atoms with Crippen LogP contribution >= 0.6 is 0 Å². The number of para-hydroxylation sites is 1. The van der Waals surface area contributed by atoms with Gasteiger partial charge in [-0.15, -0.1) is 0 Å². The van der Waals surface area contributed by atoms with Gasteiger partial charge in [-0.1, -0.05) is 12.1 Å². The first-order valence-electron chi connectivity index (χ1n) is 9.28. The summed E-state index contributed by atoms with van der Waals surface area (Å²) in [6, 6.07) is 10.8. The number of hydrogen-bond donors (Lipinski definition) is 1. The first kappa shape index (κ1) is 18.4. The van der Waals surface area contributed by atoms with Gasteiger partial charge >= 0.3 is 0 Å². The van der Waals surface area contributed by atoms with Crippen molar-refractivity contribution in [3.05, 3.63) is 64.6 Å². The van der Waals surface area contributed by atoms with Crippen molar-refractivity contribution >= 4 is 16.8 Å². The van der Waals surface area contributed by atoms with Gasteiger partial charge in [-0.05, 0) is 24.3 Å². The average molecular weight is 382 g/mol. The van der Waals surface area contributed by atoms with Crippen LogP contribution in [-0.2, 0) is 29.2 Å². The normalized spacial score (nSPS) is 15.0. The van der Waals surface area contributed by atoms with Crippen LogP contribution in [0.2, 0.25) is 0 Å². The van der Waals surface area contributed by atoms with Crippen molar-refractivity contribution in [1.29, 1.82) is 0 Å². The van der Waals surface area contributed by atoms with Crippen LogP contribution in [0.4, 0.5) is 0 Å². The molecule has 1 aliphatic rings. The van der Waals surface area contributed by atoms with E-state index in [1.807, 2.05) is 12.1 Å². The molecule has 146 valence electrons. The van der Waals surface area contributed by atoms with Crippen molar-refractivity contribution < 1.29 is 13.9 Å². The summed E-state index contributed by atoms with van der Waals surface area (Å²) in [6.45, 7) is 3.54. The second-order valence-corrected chi connectivity index (χ2v) is 6.68. The molecule has 0 saturated carbocycles. The van der Waals surface area contributed by atoms with Crippen molar-refractivity contribution in [3.63, 3.8) is 0 Å². The minimum Gasteiger partial charge on any atom is -0.467 e. The summed E-state index contributed by atoms with van der Waals surface area (Å²) < 4.78 is 12.1. The highest BCUT2D eigenvalue weighted by Gasteiger charge is 2.18. The fourth-order valence-electron chi connectivity index (χ4n) is 3.26. The molecule has 0 aliphatic carbocycles. The molecule has 8 nitrogen and oxygen atoms in total. The van der Waals surface area contributed by atoms with Gasteiger partial charge in [0, 0.05) is 13.1 Å². The molecule has 0 radical (unpaired) electrons. The molecule has 4 rings (SSSR count). The van der Waals surface area contributed by atoms with E-state index >= 15 is 0 Å². The molecule has 0 unspecified atom stereocenters. The van der Waals surface area contributed by atoms with Crippen molar-refractivity contribution in [2.75, 3.05) is 26.3 Å². The Balaban J connectivity index is 1.60. The van der Waals surface area contributed by atoms with Crippen molar-refractivity contribution in [2.45, 2.75) is 19.6 Å². The van der Waals surface area contributed by atoms with Crippen molar-refractivity contribution in [3.8, 4) is 0 Å². The van der Waals surface area contributed by atoms with Gasteiger partial charge in [0.2, 0.25) is 5.91 Å². The van der Waals surface area contributed by atoms with E-state index in [1.165, 1.54) is 4.57 Å². The minimum absolute atomic E-state index is 0.0863. The molecule has 2 aromatic heterocycles. The molecule has 1 N–H and O–H groups in total. The first-order chi connectivity index (χ1) is 13.7. The Bertz CT molecular complexity index is 1010. The summed E-state index contributed by atoms with van der Waals surface area (Å²) in [6.07, 6.45) is 1.56. The summed E-state index contributed by atoms with van der Waals surface area (Å²) in [5, 5.41) is 3.29. The lowest BCUT2D eigenvalue weighted by Gasteiger charge is -2.27. The van der Waals surface area contributed by atoms with E-state index in [2.05, 4.69) is 15.2 Å². The smallest absolute Gasteiger partial charge is 0.261 e. The lowest BCUT2D eigenvalue weighted by Crippen LogP contribution is -2.39. The number of carbonyl (C=O) groups is 1. The number of morpholine rings is 1. The quantitative estimate of drug-likeness (QED) is 0.688. The Morgan fingerprint density at radius 2 is 1.96 bits per heavy atom. The number of furan rings is 1. The Kier molecular flexibility index (Phi) is 5.50. The summed E-state index contributed by atoms with van der Waals surface area (Å²) >= 11 is 0. The molecule has 3 aromatic rings. The maximum absolute atomic E-state index is 13.0. The van der Waals surface area contributed by atoms with Crippen molar-refractivity contribution in [2.24, 2.45) is 0 Å². The zero-order chi connectivity index (χ0) is 19.3. The highest BCUT2D eigenvalue weighted by Crippen LogP contribution is 2.11. The predicted molar refractivity (Wildman–Crippen MR) is 103 cm³/mol. The lowest BCUT2D eigenvalue weighted by atomic mass is 10.2. The maximum Gasteiger partial charge on any atom is 0.261 e. The fraction of sp³-hybridized carbons (Fsp3) is 0.350. The van der Waals surface area contributed by atoms with E-state index in [9.17, 15) is 9.59 Å². The third kappa shape index (κ3) is 4.13. The second-order valence-electron chi connectivity index (χ2n) is 6.68. The van der Waals surface area contributed by atoms with Gasteiger partial charge < -0.3 is 14.5 Å². The Hall–Kier alpha value is -2.97. The summed E-state index contributed by atoms with van der Waals surface area (Å²) in [4.78, 5) is 32.4. The largest absolute Gasteiger partial charge is 0.467 e. The number of carbonyl (C=O) groups excluding carboxylic acids is 1. The van der Waals surface area contributed by atoms with Gasteiger partial charge in [0.05, 0.1) is 43.5 Å². The second kappa shape index (κ2) is 8.37. The van der Waals surface area contributed by atoms with Gasteiger partial charge in [-0.3, -0.25) is 19.1 Å². The number of nitrogens with zero attached hydrogens (tertiary/aromatic N) is 3. The molecule has 1 aliphatic heterocycles. The van der Waals surface area contributed by atoms with Gasteiger partial charge in [-0.25, -0.2) is 4.98 Å². The van der Waals surface area contributed by atoms with Crippen LogP contribution in [0.25, 0.3) is 10.9 Å². The van der Waals surface area contributed by atoms with Crippen LogP contribution in [0.1, 0.15) is 11.6 Å². The molecule has 0 bridgehead atoms. The van der Waals surface area contributed by atoms with Crippen LogP contribution in [0.15, 0.2) is 51.9 Å². The van der Waals surface area contributed by atoms with Crippen molar-refractivity contribution in [1.82, 2.24) is 19.8 Å². The molecule has 0 atom stereocenters. The number of nitrogens with one attached hydrogen (secondary N) is 1. The number of aromatic nitrogens is 2. The van der Waals surface area contributed by atoms with E-state index in [-0.39, 0.29) is 24.6 Å². The molecule has 3 heterocycles. The van der Waals surface area contributed by atoms with Crippen LogP contribution in [0, 0.1) is 0 Å². The number of ether oxygens (including phenoxy) is 1. The fourth-order valence-corrected chi connectivity index (χ4v) is 3.26. The van der Waals surface area contributed by atoms with Crippen LogP contribution in [0.5, 0.6) is 0 Å². The zero-order valence-corrected chi connectivity index (χ0v) is 15.5. The molecule has 1 saturated heterocycles. The number of rotatable bonds is 6. The van der Waals surface area contributed by atoms with Crippen LogP contribution in [-0.4, -0.2) is 46.7 Å². The molecule has 1 aromatic carbocycles. The SMILES string of the molecule is O=C(Cn1c(CN2CCOCC2)nc2ccccc2c1=O)NCc1ccco1.